The van der Waals surface area contributed by atoms with E-state index in [9.17, 15) is 10.0 Å². The largest absolute Gasteiger partial charge is 0.492 e. The standard InChI is InChI=1S/C24H32N4O3S/c1-3-24(18-5-4-6-19(14-18)26-32-27(2)30)21-15-28(16-22(21)24)11-12-31-20-9-7-17(8-10-20)13-23(25)29/h4-10,14,21-22,26,30H,3,11-13,15-16H2,1-2H3,(H2,25,29). The fourth-order valence-corrected chi connectivity index (χ4v) is 5.71. The number of fused-ring (bicyclic) bond motifs is 1. The molecule has 0 spiro atoms. The second-order valence-corrected chi connectivity index (χ2v) is 9.66. The van der Waals surface area contributed by atoms with E-state index < -0.39 is 0 Å². The highest BCUT2D eigenvalue weighted by atomic mass is 32.2. The molecular formula is C24H32N4O3S. The molecule has 0 aromatic heterocycles. The van der Waals surface area contributed by atoms with Gasteiger partial charge in [-0.3, -0.25) is 9.69 Å². The number of hydroxylamine groups is 1. The van der Waals surface area contributed by atoms with Crippen LogP contribution in [-0.4, -0.2) is 53.8 Å². The number of likely N-dealkylation sites (tertiary alicyclic amines) is 1. The molecule has 4 N–H and O–H groups in total. The van der Waals surface area contributed by atoms with Crippen molar-refractivity contribution in [1.82, 2.24) is 9.37 Å². The zero-order chi connectivity index (χ0) is 22.7. The number of hydrogen-bond donors (Lipinski definition) is 3. The van der Waals surface area contributed by atoms with E-state index in [4.69, 9.17) is 10.5 Å². The Bertz CT molecular complexity index is 925. The van der Waals surface area contributed by atoms with Crippen molar-refractivity contribution in [2.45, 2.75) is 25.2 Å². The van der Waals surface area contributed by atoms with Gasteiger partial charge in [-0.2, -0.15) is 0 Å². The quantitative estimate of drug-likeness (QED) is 0.353. The minimum Gasteiger partial charge on any atom is -0.492 e. The number of anilines is 1. The van der Waals surface area contributed by atoms with Gasteiger partial charge in [-0.05, 0) is 53.6 Å². The summed E-state index contributed by atoms with van der Waals surface area (Å²) >= 11 is 1.16. The summed E-state index contributed by atoms with van der Waals surface area (Å²) in [6, 6.07) is 16.2. The zero-order valence-electron chi connectivity index (χ0n) is 18.7. The SMILES string of the molecule is CCC1(c2cccc(NSN(C)O)c2)C2CN(CCOc3ccc(CC(N)=O)cc3)CC21. The van der Waals surface area contributed by atoms with Gasteiger partial charge in [0.1, 0.15) is 12.4 Å². The predicted molar refractivity (Wildman–Crippen MR) is 127 cm³/mol. The molecule has 2 aromatic carbocycles. The fraction of sp³-hybridized carbons (Fsp3) is 0.458. The molecular weight excluding hydrogens is 424 g/mol. The van der Waals surface area contributed by atoms with Gasteiger partial charge < -0.3 is 20.4 Å². The monoisotopic (exact) mass is 456 g/mol. The number of nitrogens with one attached hydrogen (secondary N) is 1. The maximum absolute atomic E-state index is 11.0. The summed E-state index contributed by atoms with van der Waals surface area (Å²) in [6.07, 6.45) is 1.40. The van der Waals surface area contributed by atoms with Gasteiger partial charge >= 0.3 is 0 Å². The lowest BCUT2D eigenvalue weighted by molar-refractivity contribution is -0.117. The van der Waals surface area contributed by atoms with Gasteiger partial charge in [0.05, 0.1) is 18.6 Å². The van der Waals surface area contributed by atoms with Crippen LogP contribution in [0.5, 0.6) is 5.75 Å². The molecule has 2 atom stereocenters. The molecule has 4 rings (SSSR count). The van der Waals surface area contributed by atoms with Gasteiger partial charge in [0, 0.05) is 37.8 Å². The number of primary amides is 1. The van der Waals surface area contributed by atoms with Crippen LogP contribution >= 0.6 is 12.1 Å². The van der Waals surface area contributed by atoms with E-state index >= 15 is 0 Å². The lowest BCUT2D eigenvalue weighted by Gasteiger charge is -2.27. The molecule has 7 nitrogen and oxygen atoms in total. The number of ether oxygens (including phenoxy) is 1. The molecule has 2 fully saturated rings. The highest BCUT2D eigenvalue weighted by Crippen LogP contribution is 2.65. The van der Waals surface area contributed by atoms with E-state index in [-0.39, 0.29) is 17.7 Å². The Labute approximate surface area is 194 Å². The number of rotatable bonds is 11. The third-order valence-corrected chi connectivity index (χ3v) is 7.46. The maximum atomic E-state index is 11.0. The molecule has 1 aliphatic carbocycles. The first-order valence-corrected chi connectivity index (χ1v) is 11.9. The van der Waals surface area contributed by atoms with Crippen molar-refractivity contribution in [3.63, 3.8) is 0 Å². The number of nitrogens with zero attached hydrogens (tertiary/aromatic N) is 2. The molecule has 1 saturated carbocycles. The number of piperidine rings is 1. The first-order valence-electron chi connectivity index (χ1n) is 11.1. The Kier molecular flexibility index (Phi) is 6.95. The summed E-state index contributed by atoms with van der Waals surface area (Å²) in [4.78, 5) is 13.5. The Balaban J connectivity index is 1.27. The first kappa shape index (κ1) is 22.9. The van der Waals surface area contributed by atoms with Gasteiger partial charge in [-0.15, -0.1) is 4.47 Å². The first-order chi connectivity index (χ1) is 15.4. The number of amides is 1. The summed E-state index contributed by atoms with van der Waals surface area (Å²) in [5.41, 5.74) is 8.81. The van der Waals surface area contributed by atoms with Crippen LogP contribution in [0.4, 0.5) is 5.69 Å². The molecule has 1 saturated heterocycles. The normalized spacial score (nSPS) is 24.4. The van der Waals surface area contributed by atoms with Crippen LogP contribution < -0.4 is 15.2 Å². The highest BCUT2D eigenvalue weighted by molar-refractivity contribution is 7.98. The minimum atomic E-state index is -0.325. The van der Waals surface area contributed by atoms with Crippen molar-refractivity contribution in [3.05, 3.63) is 59.7 Å². The van der Waals surface area contributed by atoms with E-state index in [1.165, 1.54) is 5.56 Å². The Morgan fingerprint density at radius 3 is 2.62 bits per heavy atom. The lowest BCUT2D eigenvalue weighted by Crippen LogP contribution is -2.33. The highest BCUT2D eigenvalue weighted by Gasteiger charge is 2.67. The summed E-state index contributed by atoms with van der Waals surface area (Å²) < 4.78 is 10.2. The molecule has 0 radical (unpaired) electrons. The van der Waals surface area contributed by atoms with E-state index in [0.29, 0.717) is 18.4 Å². The predicted octanol–water partition coefficient (Wildman–Crippen LogP) is 3.30. The molecule has 1 amide bonds. The molecule has 172 valence electrons. The van der Waals surface area contributed by atoms with Crippen LogP contribution in [0.2, 0.25) is 0 Å². The van der Waals surface area contributed by atoms with Crippen LogP contribution in [-0.2, 0) is 16.6 Å². The molecule has 2 aliphatic rings. The number of nitrogens with two attached hydrogens (primary N) is 1. The van der Waals surface area contributed by atoms with Gasteiger partial charge in [0.15, 0.2) is 0 Å². The minimum absolute atomic E-state index is 0.256. The van der Waals surface area contributed by atoms with E-state index in [1.807, 2.05) is 30.3 Å². The third-order valence-electron chi connectivity index (χ3n) is 6.87. The second-order valence-electron chi connectivity index (χ2n) is 8.74. The van der Waals surface area contributed by atoms with Crippen molar-refractivity contribution >= 4 is 23.7 Å². The molecule has 1 heterocycles. The molecule has 2 unspecified atom stereocenters. The van der Waals surface area contributed by atoms with Crippen molar-refractivity contribution in [3.8, 4) is 5.75 Å². The van der Waals surface area contributed by atoms with Crippen LogP contribution in [0, 0.1) is 11.8 Å². The van der Waals surface area contributed by atoms with Crippen LogP contribution in [0.1, 0.15) is 24.5 Å². The molecule has 32 heavy (non-hydrogen) atoms. The summed E-state index contributed by atoms with van der Waals surface area (Å²) in [5.74, 6) is 1.86. The van der Waals surface area contributed by atoms with Gasteiger partial charge in [-0.25, -0.2) is 0 Å². The van der Waals surface area contributed by atoms with Crippen molar-refractivity contribution in [1.29, 1.82) is 0 Å². The molecule has 0 bridgehead atoms. The number of carbonyl (C=O) groups is 1. The second kappa shape index (κ2) is 9.70. The molecule has 1 aliphatic heterocycles. The maximum Gasteiger partial charge on any atom is 0.221 e. The van der Waals surface area contributed by atoms with E-state index in [1.54, 1.807) is 7.05 Å². The van der Waals surface area contributed by atoms with E-state index in [2.05, 4.69) is 34.7 Å². The van der Waals surface area contributed by atoms with Crippen LogP contribution in [0.25, 0.3) is 0 Å². The summed E-state index contributed by atoms with van der Waals surface area (Å²) in [6.45, 7) is 6.07. The van der Waals surface area contributed by atoms with Crippen LogP contribution in [0.15, 0.2) is 48.5 Å². The third kappa shape index (κ3) is 4.88. The molecule has 8 heteroatoms. The topological polar surface area (TPSA) is 91.1 Å². The zero-order valence-corrected chi connectivity index (χ0v) is 19.5. The lowest BCUT2D eigenvalue weighted by atomic mass is 9.87. The molecule has 2 aromatic rings. The number of carbonyl (C=O) groups excluding carboxylic acids is 1. The Morgan fingerprint density at radius 2 is 2.00 bits per heavy atom. The summed E-state index contributed by atoms with van der Waals surface area (Å²) in [5, 5.41) is 9.35. The van der Waals surface area contributed by atoms with Crippen molar-refractivity contribution in [2.24, 2.45) is 17.6 Å². The smallest absolute Gasteiger partial charge is 0.221 e. The summed E-state index contributed by atoms with van der Waals surface area (Å²) in [7, 11) is 1.59. The van der Waals surface area contributed by atoms with E-state index in [0.717, 1.165) is 59.7 Å². The van der Waals surface area contributed by atoms with Crippen LogP contribution in [0.3, 0.4) is 0 Å². The van der Waals surface area contributed by atoms with Gasteiger partial charge in [0.2, 0.25) is 5.91 Å². The average Bonchev–Trinajstić information content (AvgIpc) is 3.15. The Hall–Kier alpha value is -2.26. The van der Waals surface area contributed by atoms with Gasteiger partial charge in [0.25, 0.3) is 0 Å². The van der Waals surface area contributed by atoms with Crippen molar-refractivity contribution < 1.29 is 14.7 Å². The Morgan fingerprint density at radius 1 is 1.28 bits per heavy atom. The average molecular weight is 457 g/mol. The number of benzene rings is 2. The van der Waals surface area contributed by atoms with Gasteiger partial charge in [-0.1, -0.05) is 31.2 Å². The fourth-order valence-electron chi connectivity index (χ4n) is 5.34. The van der Waals surface area contributed by atoms with Crippen molar-refractivity contribution in [2.75, 3.05) is 38.0 Å². The number of hydrogen-bond acceptors (Lipinski definition) is 7.